The van der Waals surface area contributed by atoms with Gasteiger partial charge >= 0.3 is 0 Å². The Morgan fingerprint density at radius 3 is 2.40 bits per heavy atom. The summed E-state index contributed by atoms with van der Waals surface area (Å²) < 4.78 is 42.1. The van der Waals surface area contributed by atoms with Crippen molar-refractivity contribution in [2.45, 2.75) is 6.42 Å². The van der Waals surface area contributed by atoms with Crippen LogP contribution in [0.25, 0.3) is 0 Å². The lowest BCUT2D eigenvalue weighted by Gasteiger charge is -2.12. The van der Waals surface area contributed by atoms with E-state index in [9.17, 15) is 8.42 Å². The van der Waals surface area contributed by atoms with Crippen LogP contribution in [0.1, 0.15) is 5.56 Å². The summed E-state index contributed by atoms with van der Waals surface area (Å²) in [6.45, 7) is 1.03. The zero-order valence-corrected chi connectivity index (χ0v) is 12.7. The smallest absolute Gasteiger partial charge is 0.264 e. The summed E-state index contributed by atoms with van der Waals surface area (Å²) >= 11 is 0. The van der Waals surface area contributed by atoms with Crippen molar-refractivity contribution >= 4 is 10.1 Å². The van der Waals surface area contributed by atoms with Crippen molar-refractivity contribution in [2.24, 2.45) is 0 Å². The second-order valence-corrected chi connectivity index (χ2v) is 5.75. The average molecular weight is 304 g/mol. The van der Waals surface area contributed by atoms with Gasteiger partial charge in [0.05, 0.1) is 26.6 Å². The molecule has 0 aliphatic rings. The summed E-state index contributed by atoms with van der Waals surface area (Å²) in [6, 6.07) is 5.42. The molecule has 0 saturated heterocycles. The first-order chi connectivity index (χ1) is 9.46. The molecule has 0 bridgehead atoms. The number of rotatable bonds is 9. The van der Waals surface area contributed by atoms with E-state index in [2.05, 4.69) is 0 Å². The Balaban J connectivity index is 2.62. The van der Waals surface area contributed by atoms with E-state index in [1.807, 2.05) is 6.07 Å². The lowest BCUT2D eigenvalue weighted by atomic mass is 10.1. The Morgan fingerprint density at radius 2 is 1.80 bits per heavy atom. The highest BCUT2D eigenvalue weighted by Gasteiger charge is 2.07. The summed E-state index contributed by atoms with van der Waals surface area (Å²) in [5.74, 6) is 1.22. The molecule has 0 saturated carbocycles. The van der Waals surface area contributed by atoms with E-state index < -0.39 is 10.1 Å². The molecule has 114 valence electrons. The van der Waals surface area contributed by atoms with Gasteiger partial charge in [0.25, 0.3) is 10.1 Å². The van der Waals surface area contributed by atoms with Crippen LogP contribution >= 0.6 is 0 Å². The fourth-order valence-corrected chi connectivity index (χ4v) is 1.92. The van der Waals surface area contributed by atoms with Gasteiger partial charge in [0, 0.05) is 7.11 Å². The molecule has 0 aromatic heterocycles. The van der Waals surface area contributed by atoms with E-state index in [0.29, 0.717) is 31.1 Å². The highest BCUT2D eigenvalue weighted by atomic mass is 32.2. The van der Waals surface area contributed by atoms with E-state index in [0.717, 1.165) is 11.8 Å². The van der Waals surface area contributed by atoms with Crippen LogP contribution in [0.5, 0.6) is 11.5 Å². The summed E-state index contributed by atoms with van der Waals surface area (Å²) in [6.07, 6.45) is 1.50. The number of ether oxygens (including phenoxy) is 3. The van der Waals surface area contributed by atoms with Crippen LogP contribution in [0, 0.1) is 0 Å². The van der Waals surface area contributed by atoms with Crippen LogP contribution in [0.15, 0.2) is 18.2 Å². The van der Waals surface area contributed by atoms with E-state index in [1.54, 1.807) is 26.4 Å². The molecule has 1 aromatic rings. The molecule has 7 heteroatoms. The largest absolute Gasteiger partial charge is 0.493 e. The van der Waals surface area contributed by atoms with Gasteiger partial charge in [-0.2, -0.15) is 8.42 Å². The van der Waals surface area contributed by atoms with Crippen molar-refractivity contribution in [1.82, 2.24) is 0 Å². The summed E-state index contributed by atoms with van der Waals surface area (Å²) in [7, 11) is -0.249. The van der Waals surface area contributed by atoms with Crippen LogP contribution < -0.4 is 9.47 Å². The van der Waals surface area contributed by atoms with Gasteiger partial charge in [-0.15, -0.1) is 0 Å². The fraction of sp³-hybridized carbons (Fsp3) is 0.538. The average Bonchev–Trinajstić information content (AvgIpc) is 2.38. The van der Waals surface area contributed by atoms with Crippen LogP contribution in [-0.2, 0) is 25.5 Å². The molecule has 0 heterocycles. The van der Waals surface area contributed by atoms with Gasteiger partial charge in [-0.05, 0) is 24.1 Å². The second kappa shape index (κ2) is 8.08. The minimum atomic E-state index is -3.40. The van der Waals surface area contributed by atoms with E-state index in [1.165, 1.54) is 0 Å². The number of methoxy groups -OCH3 is 2. The highest BCUT2D eigenvalue weighted by molar-refractivity contribution is 7.85. The molecule has 0 N–H and O–H groups in total. The first-order valence-corrected chi connectivity index (χ1v) is 7.91. The highest BCUT2D eigenvalue weighted by Crippen LogP contribution is 2.28. The molecule has 1 rings (SSSR count). The number of hydrogen-bond acceptors (Lipinski definition) is 6. The molecular weight excluding hydrogens is 284 g/mol. The van der Waals surface area contributed by atoms with Crippen molar-refractivity contribution in [3.8, 4) is 11.5 Å². The third kappa shape index (κ3) is 6.23. The first-order valence-electron chi connectivity index (χ1n) is 6.09. The molecule has 0 spiro atoms. The molecule has 0 fully saturated rings. The summed E-state index contributed by atoms with van der Waals surface area (Å²) in [5, 5.41) is 0. The minimum absolute atomic E-state index is 0.103. The summed E-state index contributed by atoms with van der Waals surface area (Å²) in [4.78, 5) is 0. The Bertz CT molecular complexity index is 512. The Kier molecular flexibility index (Phi) is 6.77. The van der Waals surface area contributed by atoms with Gasteiger partial charge in [-0.1, -0.05) is 6.07 Å². The van der Waals surface area contributed by atoms with Gasteiger partial charge in [0.2, 0.25) is 0 Å². The molecule has 0 amide bonds. The number of hydrogen-bond donors (Lipinski definition) is 0. The zero-order valence-electron chi connectivity index (χ0n) is 11.9. The second-order valence-electron chi connectivity index (χ2n) is 4.10. The van der Waals surface area contributed by atoms with Gasteiger partial charge < -0.3 is 14.2 Å². The molecule has 0 radical (unpaired) electrons. The van der Waals surface area contributed by atoms with Crippen LogP contribution in [0.3, 0.4) is 0 Å². The third-order valence-electron chi connectivity index (χ3n) is 2.46. The maximum Gasteiger partial charge on any atom is 0.264 e. The standard InChI is InChI=1S/C13H20O6S/c1-16-8-9-18-12-5-4-11(10-13(12)17-2)6-7-19-20(3,14)15/h4-5,10H,6-9H2,1-3H3. The maximum absolute atomic E-state index is 10.9. The predicted molar refractivity (Wildman–Crippen MR) is 74.9 cm³/mol. The number of benzene rings is 1. The fourth-order valence-electron chi connectivity index (χ4n) is 1.53. The molecule has 1 aromatic carbocycles. The summed E-state index contributed by atoms with van der Waals surface area (Å²) in [5.41, 5.74) is 0.907. The monoisotopic (exact) mass is 304 g/mol. The topological polar surface area (TPSA) is 71.1 Å². The predicted octanol–water partition coefficient (Wildman–Crippen LogP) is 1.24. The van der Waals surface area contributed by atoms with Crippen molar-refractivity contribution in [3.05, 3.63) is 23.8 Å². The SMILES string of the molecule is COCCOc1ccc(CCOS(C)(=O)=O)cc1OC. The van der Waals surface area contributed by atoms with Crippen molar-refractivity contribution in [2.75, 3.05) is 40.3 Å². The van der Waals surface area contributed by atoms with Gasteiger partial charge in [-0.3, -0.25) is 4.18 Å². The normalized spacial score (nSPS) is 11.3. The Hall–Kier alpha value is -1.31. The van der Waals surface area contributed by atoms with Crippen LogP contribution in [0.2, 0.25) is 0 Å². The van der Waals surface area contributed by atoms with Crippen molar-refractivity contribution < 1.29 is 26.8 Å². The lowest BCUT2D eigenvalue weighted by molar-refractivity contribution is 0.144. The van der Waals surface area contributed by atoms with Crippen molar-refractivity contribution in [3.63, 3.8) is 0 Å². The Labute approximate surface area is 119 Å². The first kappa shape index (κ1) is 16.7. The molecule has 0 aliphatic carbocycles. The lowest BCUT2D eigenvalue weighted by Crippen LogP contribution is -2.07. The Morgan fingerprint density at radius 1 is 1.05 bits per heavy atom. The van der Waals surface area contributed by atoms with E-state index in [4.69, 9.17) is 18.4 Å². The van der Waals surface area contributed by atoms with Crippen molar-refractivity contribution in [1.29, 1.82) is 0 Å². The van der Waals surface area contributed by atoms with Gasteiger partial charge in [0.15, 0.2) is 11.5 Å². The molecule has 0 aliphatic heterocycles. The van der Waals surface area contributed by atoms with Gasteiger partial charge in [0.1, 0.15) is 6.61 Å². The maximum atomic E-state index is 10.9. The third-order valence-corrected chi connectivity index (χ3v) is 3.06. The van der Waals surface area contributed by atoms with Gasteiger partial charge in [-0.25, -0.2) is 0 Å². The van der Waals surface area contributed by atoms with E-state index in [-0.39, 0.29) is 6.61 Å². The molecule has 20 heavy (non-hydrogen) atoms. The minimum Gasteiger partial charge on any atom is -0.493 e. The quantitative estimate of drug-likeness (QED) is 0.505. The van der Waals surface area contributed by atoms with Crippen LogP contribution in [0.4, 0.5) is 0 Å². The van der Waals surface area contributed by atoms with Crippen LogP contribution in [-0.4, -0.2) is 48.7 Å². The zero-order chi connectivity index (χ0) is 15.0. The molecule has 0 atom stereocenters. The molecular formula is C13H20O6S. The van der Waals surface area contributed by atoms with E-state index >= 15 is 0 Å². The molecule has 6 nitrogen and oxygen atoms in total. The molecule has 0 unspecified atom stereocenters.